The summed E-state index contributed by atoms with van der Waals surface area (Å²) in [6, 6.07) is 12.3. The van der Waals surface area contributed by atoms with Crippen LogP contribution in [0.5, 0.6) is 5.75 Å². The van der Waals surface area contributed by atoms with Crippen LogP contribution in [-0.4, -0.2) is 34.4 Å². The number of carbonyl (C=O) groups excluding carboxylic acids is 2. The Labute approximate surface area is 156 Å². The number of carbonyl (C=O) groups is 2. The minimum absolute atomic E-state index is 0.0376. The van der Waals surface area contributed by atoms with E-state index in [1.165, 1.54) is 30.3 Å². The molecule has 0 saturated carbocycles. The molecule has 0 radical (unpaired) electrons. The molecular formula is C19H21N3O5. The number of nitro groups is 1. The topological polar surface area (TPSA) is 102 Å². The standard InChI is InChI=1S/C19H21N3O5/c1-19(2,3)21(18(24)13-8-6-5-7-9-13)20-17(23)14-10-11-15(22(25)26)16(12-14)27-4/h5-12H,1-4H3,(H,20,23). The van der Waals surface area contributed by atoms with E-state index in [1.54, 1.807) is 51.1 Å². The molecule has 8 nitrogen and oxygen atoms in total. The summed E-state index contributed by atoms with van der Waals surface area (Å²) >= 11 is 0. The Hall–Kier alpha value is -3.42. The van der Waals surface area contributed by atoms with Crippen LogP contribution >= 0.6 is 0 Å². The lowest BCUT2D eigenvalue weighted by Gasteiger charge is -2.35. The van der Waals surface area contributed by atoms with Crippen LogP contribution in [0.2, 0.25) is 0 Å². The van der Waals surface area contributed by atoms with Gasteiger partial charge in [0.15, 0.2) is 5.75 Å². The smallest absolute Gasteiger partial charge is 0.310 e. The second-order valence-electron chi connectivity index (χ2n) is 6.76. The van der Waals surface area contributed by atoms with Crippen molar-refractivity contribution in [1.29, 1.82) is 0 Å². The highest BCUT2D eigenvalue weighted by molar-refractivity contribution is 5.99. The van der Waals surface area contributed by atoms with E-state index >= 15 is 0 Å². The first-order chi connectivity index (χ1) is 12.6. The third-order valence-electron chi connectivity index (χ3n) is 3.75. The van der Waals surface area contributed by atoms with Gasteiger partial charge in [0.1, 0.15) is 0 Å². The lowest BCUT2D eigenvalue weighted by Crippen LogP contribution is -2.55. The summed E-state index contributed by atoms with van der Waals surface area (Å²) in [4.78, 5) is 35.9. The number of nitro benzene ring substituents is 1. The van der Waals surface area contributed by atoms with Gasteiger partial charge in [-0.3, -0.25) is 25.1 Å². The van der Waals surface area contributed by atoms with Crippen LogP contribution in [-0.2, 0) is 0 Å². The summed E-state index contributed by atoms with van der Waals surface area (Å²) in [5, 5.41) is 12.2. The summed E-state index contributed by atoms with van der Waals surface area (Å²) in [5.41, 5.74) is 2.20. The zero-order valence-electron chi connectivity index (χ0n) is 15.6. The van der Waals surface area contributed by atoms with Crippen LogP contribution in [0.4, 0.5) is 5.69 Å². The van der Waals surface area contributed by atoms with Gasteiger partial charge < -0.3 is 4.74 Å². The van der Waals surface area contributed by atoms with Crippen LogP contribution in [0.1, 0.15) is 41.5 Å². The summed E-state index contributed by atoms with van der Waals surface area (Å²) < 4.78 is 4.98. The van der Waals surface area contributed by atoms with Crippen molar-refractivity contribution in [3.05, 3.63) is 69.8 Å². The largest absolute Gasteiger partial charge is 0.490 e. The van der Waals surface area contributed by atoms with E-state index in [0.29, 0.717) is 5.56 Å². The second kappa shape index (κ2) is 7.86. The van der Waals surface area contributed by atoms with Crippen LogP contribution < -0.4 is 10.2 Å². The Morgan fingerprint density at radius 1 is 1.07 bits per heavy atom. The predicted molar refractivity (Wildman–Crippen MR) is 99.5 cm³/mol. The average Bonchev–Trinajstić information content (AvgIpc) is 2.64. The maximum atomic E-state index is 12.8. The molecule has 8 heteroatoms. The van der Waals surface area contributed by atoms with Gasteiger partial charge in [0.25, 0.3) is 11.8 Å². The van der Waals surface area contributed by atoms with Crippen molar-refractivity contribution in [2.45, 2.75) is 26.3 Å². The molecule has 0 unspecified atom stereocenters. The molecular weight excluding hydrogens is 350 g/mol. The zero-order chi connectivity index (χ0) is 20.2. The maximum Gasteiger partial charge on any atom is 0.310 e. The highest BCUT2D eigenvalue weighted by atomic mass is 16.6. The third kappa shape index (κ3) is 4.60. The van der Waals surface area contributed by atoms with Crippen molar-refractivity contribution in [3.63, 3.8) is 0 Å². The molecule has 0 bridgehead atoms. The fourth-order valence-electron chi connectivity index (χ4n) is 2.37. The predicted octanol–water partition coefficient (Wildman–Crippen LogP) is 3.19. The van der Waals surface area contributed by atoms with E-state index in [1.807, 2.05) is 0 Å². The quantitative estimate of drug-likeness (QED) is 0.657. The normalized spacial score (nSPS) is 10.8. The maximum absolute atomic E-state index is 12.8. The van der Waals surface area contributed by atoms with E-state index in [-0.39, 0.29) is 22.9 Å². The molecule has 0 atom stereocenters. The Kier molecular flexibility index (Phi) is 5.79. The molecule has 0 aliphatic carbocycles. The van der Waals surface area contributed by atoms with Gasteiger partial charge in [-0.2, -0.15) is 0 Å². The van der Waals surface area contributed by atoms with Crippen molar-refractivity contribution < 1.29 is 19.2 Å². The zero-order valence-corrected chi connectivity index (χ0v) is 15.6. The van der Waals surface area contributed by atoms with Gasteiger partial charge in [-0.05, 0) is 39.0 Å². The molecule has 2 aromatic carbocycles. The highest BCUT2D eigenvalue weighted by Gasteiger charge is 2.30. The minimum atomic E-state index is -0.701. The molecule has 27 heavy (non-hydrogen) atoms. The summed E-state index contributed by atoms with van der Waals surface area (Å²) in [7, 11) is 1.28. The van der Waals surface area contributed by atoms with Crippen molar-refractivity contribution >= 4 is 17.5 Å². The van der Waals surface area contributed by atoms with E-state index in [2.05, 4.69) is 5.43 Å². The second-order valence-corrected chi connectivity index (χ2v) is 6.76. The molecule has 0 aromatic heterocycles. The first kappa shape index (κ1) is 19.9. The number of ether oxygens (including phenoxy) is 1. The molecule has 0 aliphatic rings. The first-order valence-electron chi connectivity index (χ1n) is 8.18. The molecule has 0 spiro atoms. The molecule has 2 aromatic rings. The summed E-state index contributed by atoms with van der Waals surface area (Å²) in [6.07, 6.45) is 0. The van der Waals surface area contributed by atoms with E-state index in [0.717, 1.165) is 0 Å². The lowest BCUT2D eigenvalue weighted by atomic mass is 10.1. The van der Waals surface area contributed by atoms with Gasteiger partial charge in [0.2, 0.25) is 0 Å². The van der Waals surface area contributed by atoms with Gasteiger partial charge in [-0.15, -0.1) is 0 Å². The number of benzene rings is 2. The van der Waals surface area contributed by atoms with Crippen molar-refractivity contribution in [1.82, 2.24) is 10.4 Å². The number of rotatable bonds is 4. The van der Waals surface area contributed by atoms with Crippen LogP contribution in [0.3, 0.4) is 0 Å². The van der Waals surface area contributed by atoms with Crippen LogP contribution in [0, 0.1) is 10.1 Å². The van der Waals surface area contributed by atoms with Gasteiger partial charge >= 0.3 is 5.69 Å². The van der Waals surface area contributed by atoms with Crippen LogP contribution in [0.25, 0.3) is 0 Å². The lowest BCUT2D eigenvalue weighted by molar-refractivity contribution is -0.385. The van der Waals surface area contributed by atoms with E-state index < -0.39 is 16.4 Å². The van der Waals surface area contributed by atoms with Gasteiger partial charge in [-0.1, -0.05) is 18.2 Å². The highest BCUT2D eigenvalue weighted by Crippen LogP contribution is 2.27. The number of nitrogens with zero attached hydrogens (tertiary/aromatic N) is 2. The molecule has 0 heterocycles. The summed E-state index contributed by atoms with van der Waals surface area (Å²) in [6.45, 7) is 5.35. The Balaban J connectivity index is 2.32. The number of methoxy groups -OCH3 is 1. The van der Waals surface area contributed by atoms with E-state index in [9.17, 15) is 19.7 Å². The number of amides is 2. The third-order valence-corrected chi connectivity index (χ3v) is 3.75. The molecule has 2 amide bonds. The van der Waals surface area contributed by atoms with Crippen molar-refractivity contribution in [3.8, 4) is 5.75 Å². The molecule has 142 valence electrons. The molecule has 1 N–H and O–H groups in total. The van der Waals surface area contributed by atoms with E-state index in [4.69, 9.17) is 4.74 Å². The molecule has 2 rings (SSSR count). The van der Waals surface area contributed by atoms with Crippen molar-refractivity contribution in [2.75, 3.05) is 7.11 Å². The summed E-state index contributed by atoms with van der Waals surface area (Å²) in [5.74, 6) is -0.989. The minimum Gasteiger partial charge on any atom is -0.490 e. The number of nitrogens with one attached hydrogen (secondary N) is 1. The first-order valence-corrected chi connectivity index (χ1v) is 8.18. The monoisotopic (exact) mass is 371 g/mol. The molecule has 0 fully saturated rings. The van der Waals surface area contributed by atoms with Gasteiger partial charge in [0.05, 0.1) is 17.6 Å². The average molecular weight is 371 g/mol. The van der Waals surface area contributed by atoms with Crippen molar-refractivity contribution in [2.24, 2.45) is 0 Å². The number of hydrazine groups is 1. The van der Waals surface area contributed by atoms with Gasteiger partial charge in [0, 0.05) is 23.3 Å². The molecule has 0 saturated heterocycles. The van der Waals surface area contributed by atoms with Gasteiger partial charge in [-0.25, -0.2) is 5.01 Å². The Morgan fingerprint density at radius 3 is 2.22 bits per heavy atom. The van der Waals surface area contributed by atoms with Crippen LogP contribution in [0.15, 0.2) is 48.5 Å². The fraction of sp³-hybridized carbons (Fsp3) is 0.263. The Bertz CT molecular complexity index is 859. The molecule has 0 aliphatic heterocycles. The number of hydrogen-bond donors (Lipinski definition) is 1. The number of hydrogen-bond acceptors (Lipinski definition) is 5. The fourth-order valence-corrected chi connectivity index (χ4v) is 2.37. The SMILES string of the molecule is COc1cc(C(=O)NN(C(=O)c2ccccc2)C(C)(C)C)ccc1[N+](=O)[O-]. The Morgan fingerprint density at radius 2 is 1.70 bits per heavy atom.